The lowest BCUT2D eigenvalue weighted by molar-refractivity contribution is -0.275. The molecule has 1 aromatic carbocycles. The lowest BCUT2D eigenvalue weighted by Crippen LogP contribution is -2.17. The highest BCUT2D eigenvalue weighted by molar-refractivity contribution is 8.26. The van der Waals surface area contributed by atoms with Crippen molar-refractivity contribution < 1.29 is 31.5 Å². The molecule has 1 aliphatic heterocycles. The van der Waals surface area contributed by atoms with Gasteiger partial charge in [0.1, 0.15) is 15.7 Å². The van der Waals surface area contributed by atoms with Crippen LogP contribution in [0.4, 0.5) is 17.6 Å². The zero-order valence-corrected chi connectivity index (χ0v) is 15.7. The third-order valence-electron chi connectivity index (χ3n) is 3.83. The van der Waals surface area contributed by atoms with Crippen LogP contribution in [0.25, 0.3) is 28.2 Å². The van der Waals surface area contributed by atoms with Crippen molar-refractivity contribution in [2.75, 3.05) is 0 Å². The predicted octanol–water partition coefficient (Wildman–Crippen LogP) is 5.02. The van der Waals surface area contributed by atoms with Gasteiger partial charge in [0.25, 0.3) is 5.91 Å². The fourth-order valence-corrected chi connectivity index (χ4v) is 3.71. The molecule has 1 saturated heterocycles. The molecule has 11 heteroatoms. The number of amides is 1. The van der Waals surface area contributed by atoms with Crippen LogP contribution < -0.4 is 10.1 Å². The van der Waals surface area contributed by atoms with E-state index in [0.717, 1.165) is 23.9 Å². The molecule has 0 atom stereocenters. The number of ether oxygens (including phenoxy) is 1. The minimum Gasteiger partial charge on any atom is -0.456 e. The number of thiocarbonyl (C=S) groups is 1. The van der Waals surface area contributed by atoms with Gasteiger partial charge in [-0.25, -0.2) is 4.39 Å². The largest absolute Gasteiger partial charge is 0.573 e. The number of nitrogens with zero attached hydrogens (tertiary/aromatic N) is 1. The second-order valence-corrected chi connectivity index (χ2v) is 7.52. The molecule has 3 heterocycles. The van der Waals surface area contributed by atoms with Crippen LogP contribution in [-0.2, 0) is 4.79 Å². The summed E-state index contributed by atoms with van der Waals surface area (Å²) in [5.74, 6) is -2.13. The summed E-state index contributed by atoms with van der Waals surface area (Å²) in [6.45, 7) is 0. The average Bonchev–Trinajstić information content (AvgIpc) is 3.17. The number of furan rings is 1. The van der Waals surface area contributed by atoms with Crippen molar-refractivity contribution in [1.82, 2.24) is 10.3 Å². The highest BCUT2D eigenvalue weighted by atomic mass is 32.2. The number of rotatable bonds is 3. The molecule has 1 aliphatic rings. The number of fused-ring (bicyclic) bond motifs is 1. The number of alkyl halides is 3. The second kappa shape index (κ2) is 7.16. The van der Waals surface area contributed by atoms with E-state index in [2.05, 4.69) is 15.0 Å². The van der Waals surface area contributed by atoms with Crippen LogP contribution in [0.15, 0.2) is 46.0 Å². The summed E-state index contributed by atoms with van der Waals surface area (Å²) in [5.41, 5.74) is 0.947. The number of benzene rings is 1. The van der Waals surface area contributed by atoms with Gasteiger partial charge in [-0.15, -0.1) is 13.2 Å². The smallest absolute Gasteiger partial charge is 0.456 e. The summed E-state index contributed by atoms with van der Waals surface area (Å²) in [6, 6.07) is 4.67. The molecular formula is C18H8F4N2O3S2. The fourth-order valence-electron chi connectivity index (χ4n) is 2.68. The summed E-state index contributed by atoms with van der Waals surface area (Å²) in [4.78, 5) is 16.2. The maximum absolute atomic E-state index is 14.1. The van der Waals surface area contributed by atoms with Crippen molar-refractivity contribution in [3.8, 4) is 16.9 Å². The summed E-state index contributed by atoms with van der Waals surface area (Å²) in [6.07, 6.45) is -0.591. The van der Waals surface area contributed by atoms with Gasteiger partial charge in [-0.05, 0) is 23.8 Å². The fraction of sp³-hybridized carbons (Fsp3) is 0.0556. The molecule has 0 aliphatic carbocycles. The standard InChI is InChI=1S/C18H8F4N2O3S2/c19-12-4-8(1-2-13(12)27-18(20,21)22)11-7-23-6-9-3-10(26-15(9)11)5-14-16(25)24-17(28)29-14/h1-7H,(H,24,25,28)/b14-5+. The second-order valence-electron chi connectivity index (χ2n) is 5.80. The minimum absolute atomic E-state index is 0.248. The van der Waals surface area contributed by atoms with E-state index in [4.69, 9.17) is 16.6 Å². The molecule has 0 radical (unpaired) electrons. The number of nitrogens with one attached hydrogen (secondary N) is 1. The quantitative estimate of drug-likeness (QED) is 0.351. The van der Waals surface area contributed by atoms with Crippen LogP contribution in [0.2, 0.25) is 0 Å². The van der Waals surface area contributed by atoms with Crippen LogP contribution in [0.3, 0.4) is 0 Å². The van der Waals surface area contributed by atoms with Crippen molar-refractivity contribution in [3.05, 3.63) is 53.1 Å². The van der Waals surface area contributed by atoms with E-state index in [-0.39, 0.29) is 11.5 Å². The Bertz CT molecular complexity index is 1190. The monoisotopic (exact) mass is 440 g/mol. The van der Waals surface area contributed by atoms with Crippen LogP contribution in [0.5, 0.6) is 5.75 Å². The van der Waals surface area contributed by atoms with E-state index in [0.29, 0.717) is 31.5 Å². The molecule has 5 nitrogen and oxygen atoms in total. The van der Waals surface area contributed by atoms with Crippen LogP contribution >= 0.6 is 24.0 Å². The van der Waals surface area contributed by atoms with Gasteiger partial charge in [-0.3, -0.25) is 9.78 Å². The molecular weight excluding hydrogens is 432 g/mol. The molecule has 0 saturated carbocycles. The van der Waals surface area contributed by atoms with Gasteiger partial charge in [0.2, 0.25) is 0 Å². The third kappa shape index (κ3) is 4.10. The minimum atomic E-state index is -5.00. The number of halogens is 4. The number of hydrogen-bond donors (Lipinski definition) is 1. The van der Waals surface area contributed by atoms with E-state index < -0.39 is 17.9 Å². The maximum Gasteiger partial charge on any atom is 0.573 e. The molecule has 1 N–H and O–H groups in total. The van der Waals surface area contributed by atoms with Crippen molar-refractivity contribution in [2.45, 2.75) is 6.36 Å². The first-order valence-electron chi connectivity index (χ1n) is 7.88. The number of thioether (sulfide) groups is 1. The number of carbonyl (C=O) groups is 1. The number of hydrogen-bond acceptors (Lipinski definition) is 6. The van der Waals surface area contributed by atoms with Gasteiger partial charge in [0.05, 0.1) is 4.91 Å². The highest BCUT2D eigenvalue weighted by Gasteiger charge is 2.32. The van der Waals surface area contributed by atoms with Gasteiger partial charge >= 0.3 is 6.36 Å². The Hall–Kier alpha value is -2.92. The molecule has 148 valence electrons. The Labute approximate surface area is 169 Å². The maximum atomic E-state index is 14.1. The molecule has 4 rings (SSSR count). The van der Waals surface area contributed by atoms with E-state index in [9.17, 15) is 22.4 Å². The van der Waals surface area contributed by atoms with Gasteiger partial charge < -0.3 is 14.5 Å². The van der Waals surface area contributed by atoms with Crippen molar-refractivity contribution in [3.63, 3.8) is 0 Å². The number of aromatic nitrogens is 1. The Morgan fingerprint density at radius 2 is 2.03 bits per heavy atom. The Morgan fingerprint density at radius 3 is 2.69 bits per heavy atom. The lowest BCUT2D eigenvalue weighted by atomic mass is 10.1. The Morgan fingerprint density at radius 1 is 1.24 bits per heavy atom. The van der Waals surface area contributed by atoms with Crippen LogP contribution in [0, 0.1) is 5.82 Å². The van der Waals surface area contributed by atoms with Crippen molar-refractivity contribution in [2.24, 2.45) is 0 Å². The normalized spacial score (nSPS) is 15.9. The van der Waals surface area contributed by atoms with Crippen LogP contribution in [-0.4, -0.2) is 21.6 Å². The molecule has 0 spiro atoms. The molecule has 3 aromatic rings. The van der Waals surface area contributed by atoms with Gasteiger partial charge in [0, 0.05) is 29.4 Å². The van der Waals surface area contributed by atoms with E-state index in [1.165, 1.54) is 24.5 Å². The Kier molecular flexibility index (Phi) is 4.79. The van der Waals surface area contributed by atoms with Crippen molar-refractivity contribution >= 4 is 51.3 Å². The SMILES string of the molecule is O=C1NC(=S)S/C1=C/c1cc2cncc(-c3ccc(OC(F)(F)F)c(F)c3)c2o1. The van der Waals surface area contributed by atoms with Gasteiger partial charge in [0.15, 0.2) is 11.6 Å². The molecule has 1 amide bonds. The third-order valence-corrected chi connectivity index (χ3v) is 4.99. The van der Waals surface area contributed by atoms with E-state index >= 15 is 0 Å². The first-order chi connectivity index (χ1) is 13.7. The van der Waals surface area contributed by atoms with Gasteiger partial charge in [-0.2, -0.15) is 0 Å². The summed E-state index contributed by atoms with van der Waals surface area (Å²) in [7, 11) is 0. The lowest BCUT2D eigenvalue weighted by Gasteiger charge is -2.10. The first-order valence-corrected chi connectivity index (χ1v) is 9.10. The zero-order valence-electron chi connectivity index (χ0n) is 14.0. The zero-order chi connectivity index (χ0) is 20.8. The topological polar surface area (TPSA) is 64.4 Å². The van der Waals surface area contributed by atoms with E-state index in [1.54, 1.807) is 6.07 Å². The molecule has 1 fully saturated rings. The van der Waals surface area contributed by atoms with Gasteiger partial charge in [-0.1, -0.05) is 30.0 Å². The van der Waals surface area contributed by atoms with E-state index in [1.807, 2.05) is 0 Å². The summed E-state index contributed by atoms with van der Waals surface area (Å²) in [5, 5.41) is 3.05. The predicted molar refractivity (Wildman–Crippen MR) is 102 cm³/mol. The summed E-state index contributed by atoms with van der Waals surface area (Å²) < 4.78 is 60.8. The highest BCUT2D eigenvalue weighted by Crippen LogP contribution is 2.35. The molecule has 2 aromatic heterocycles. The molecule has 29 heavy (non-hydrogen) atoms. The molecule has 0 bridgehead atoms. The number of carbonyl (C=O) groups excluding carboxylic acids is 1. The molecule has 0 unspecified atom stereocenters. The average molecular weight is 440 g/mol. The first kappa shape index (κ1) is 19.4. The van der Waals surface area contributed by atoms with Crippen molar-refractivity contribution in [1.29, 1.82) is 0 Å². The Balaban J connectivity index is 1.73. The summed E-state index contributed by atoms with van der Waals surface area (Å²) >= 11 is 6.02. The van der Waals surface area contributed by atoms with Crippen LogP contribution in [0.1, 0.15) is 5.76 Å². The number of pyridine rings is 1.